The number of benzene rings is 1. The second-order valence-corrected chi connectivity index (χ2v) is 5.17. The summed E-state index contributed by atoms with van der Waals surface area (Å²) < 4.78 is 11.3. The van der Waals surface area contributed by atoms with E-state index in [1.54, 1.807) is 0 Å². The van der Waals surface area contributed by atoms with Crippen LogP contribution in [0.3, 0.4) is 0 Å². The Morgan fingerprint density at radius 1 is 1.00 bits per heavy atom. The molecule has 0 aliphatic rings. The van der Waals surface area contributed by atoms with E-state index < -0.39 is 0 Å². The summed E-state index contributed by atoms with van der Waals surface area (Å²) in [6, 6.07) is 6.82. The summed E-state index contributed by atoms with van der Waals surface area (Å²) in [7, 11) is 0. The average molecular weight is 279 g/mol. The monoisotopic (exact) mass is 279 g/mol. The van der Waals surface area contributed by atoms with Crippen molar-refractivity contribution in [3.05, 3.63) is 23.8 Å². The van der Waals surface area contributed by atoms with E-state index in [2.05, 4.69) is 38.2 Å². The molecule has 1 rings (SSSR count). The summed E-state index contributed by atoms with van der Waals surface area (Å²) in [5, 5.41) is 3.46. The maximum absolute atomic E-state index is 5.69. The molecule has 0 radical (unpaired) electrons. The molecule has 0 bridgehead atoms. The zero-order valence-corrected chi connectivity index (χ0v) is 13.5. The van der Waals surface area contributed by atoms with E-state index in [1.807, 2.05) is 19.9 Å². The predicted molar refractivity (Wildman–Crippen MR) is 85.0 cm³/mol. The quantitative estimate of drug-likeness (QED) is 0.742. The topological polar surface area (TPSA) is 30.5 Å². The van der Waals surface area contributed by atoms with Gasteiger partial charge in [-0.25, -0.2) is 0 Å². The van der Waals surface area contributed by atoms with Crippen molar-refractivity contribution in [1.82, 2.24) is 5.32 Å². The van der Waals surface area contributed by atoms with Crippen LogP contribution in [-0.4, -0.2) is 25.8 Å². The first-order valence-electron chi connectivity index (χ1n) is 7.75. The van der Waals surface area contributed by atoms with Crippen LogP contribution >= 0.6 is 0 Å². The van der Waals surface area contributed by atoms with Crippen LogP contribution in [0.5, 0.6) is 11.5 Å². The number of nitrogens with one attached hydrogen (secondary N) is 1. The van der Waals surface area contributed by atoms with Crippen LogP contribution in [0, 0.1) is 0 Å². The molecule has 0 fully saturated rings. The highest BCUT2D eigenvalue weighted by atomic mass is 16.5. The van der Waals surface area contributed by atoms with E-state index in [9.17, 15) is 0 Å². The zero-order chi connectivity index (χ0) is 15.0. The summed E-state index contributed by atoms with van der Waals surface area (Å²) in [5.41, 5.74) is 1.31. The maximum Gasteiger partial charge on any atom is 0.161 e. The minimum absolute atomic E-state index is 0.499. The summed E-state index contributed by atoms with van der Waals surface area (Å²) in [6.45, 7) is 13.0. The molecule has 0 aliphatic carbocycles. The van der Waals surface area contributed by atoms with Crippen molar-refractivity contribution in [2.24, 2.45) is 0 Å². The van der Waals surface area contributed by atoms with Gasteiger partial charge in [-0.05, 0) is 57.4 Å². The Hall–Kier alpha value is -1.22. The molecule has 2 unspecified atom stereocenters. The smallest absolute Gasteiger partial charge is 0.161 e. The molecule has 0 aromatic heterocycles. The van der Waals surface area contributed by atoms with E-state index in [1.165, 1.54) is 5.56 Å². The van der Waals surface area contributed by atoms with Gasteiger partial charge in [0.1, 0.15) is 0 Å². The number of ether oxygens (including phenoxy) is 2. The number of rotatable bonds is 9. The largest absolute Gasteiger partial charge is 0.490 e. The Morgan fingerprint density at radius 2 is 1.65 bits per heavy atom. The van der Waals surface area contributed by atoms with Gasteiger partial charge in [0.15, 0.2) is 11.5 Å². The van der Waals surface area contributed by atoms with Crippen LogP contribution in [-0.2, 0) is 0 Å². The minimum atomic E-state index is 0.499. The van der Waals surface area contributed by atoms with Gasteiger partial charge < -0.3 is 14.8 Å². The summed E-state index contributed by atoms with van der Waals surface area (Å²) in [4.78, 5) is 0. The van der Waals surface area contributed by atoms with Crippen LogP contribution in [0.1, 0.15) is 52.5 Å². The second-order valence-electron chi connectivity index (χ2n) is 5.17. The molecule has 1 aromatic rings. The highest BCUT2D eigenvalue weighted by molar-refractivity contribution is 5.44. The van der Waals surface area contributed by atoms with Crippen molar-refractivity contribution >= 4 is 0 Å². The molecule has 1 aromatic carbocycles. The number of hydrogen-bond acceptors (Lipinski definition) is 3. The Morgan fingerprint density at radius 3 is 2.25 bits per heavy atom. The fraction of sp³-hybridized carbons (Fsp3) is 0.647. The molecule has 1 N–H and O–H groups in total. The molecule has 2 atom stereocenters. The van der Waals surface area contributed by atoms with E-state index in [-0.39, 0.29) is 0 Å². The molecule has 20 heavy (non-hydrogen) atoms. The van der Waals surface area contributed by atoms with Crippen LogP contribution in [0.15, 0.2) is 18.2 Å². The van der Waals surface area contributed by atoms with E-state index in [0.717, 1.165) is 24.5 Å². The molecule has 0 amide bonds. The highest BCUT2D eigenvalue weighted by Gasteiger charge is 2.13. The van der Waals surface area contributed by atoms with Crippen molar-refractivity contribution in [2.75, 3.05) is 19.8 Å². The van der Waals surface area contributed by atoms with Gasteiger partial charge in [0.05, 0.1) is 13.2 Å². The fourth-order valence-corrected chi connectivity index (χ4v) is 2.47. The third-order valence-corrected chi connectivity index (χ3v) is 3.40. The summed E-state index contributed by atoms with van der Waals surface area (Å²) in [5.74, 6) is 2.19. The van der Waals surface area contributed by atoms with Crippen molar-refractivity contribution in [1.29, 1.82) is 0 Å². The van der Waals surface area contributed by atoms with Gasteiger partial charge >= 0.3 is 0 Å². The molecule has 0 heterocycles. The maximum atomic E-state index is 5.69. The molecular formula is C17H29NO2. The lowest BCUT2D eigenvalue weighted by atomic mass is 9.94. The Labute approximate surface area is 123 Å². The highest BCUT2D eigenvalue weighted by Crippen LogP contribution is 2.32. The van der Waals surface area contributed by atoms with Crippen molar-refractivity contribution < 1.29 is 9.47 Å². The van der Waals surface area contributed by atoms with Gasteiger partial charge in [-0.1, -0.05) is 19.9 Å². The summed E-state index contributed by atoms with van der Waals surface area (Å²) >= 11 is 0. The van der Waals surface area contributed by atoms with Crippen LogP contribution in [0.25, 0.3) is 0 Å². The van der Waals surface area contributed by atoms with Crippen molar-refractivity contribution in [2.45, 2.75) is 53.0 Å². The van der Waals surface area contributed by atoms with E-state index >= 15 is 0 Å². The van der Waals surface area contributed by atoms with E-state index in [4.69, 9.17) is 9.47 Å². The second kappa shape index (κ2) is 8.85. The lowest BCUT2D eigenvalue weighted by Gasteiger charge is -2.20. The van der Waals surface area contributed by atoms with Crippen molar-refractivity contribution in [3.63, 3.8) is 0 Å². The van der Waals surface area contributed by atoms with Gasteiger partial charge in [-0.3, -0.25) is 0 Å². The van der Waals surface area contributed by atoms with Crippen LogP contribution < -0.4 is 14.8 Å². The molecule has 0 saturated heterocycles. The average Bonchev–Trinajstić information content (AvgIpc) is 2.41. The molecule has 3 nitrogen and oxygen atoms in total. The first-order valence-corrected chi connectivity index (χ1v) is 7.75. The lowest BCUT2D eigenvalue weighted by Crippen LogP contribution is -2.26. The van der Waals surface area contributed by atoms with Gasteiger partial charge in [0.2, 0.25) is 0 Å². The molecule has 114 valence electrons. The summed E-state index contributed by atoms with van der Waals surface area (Å²) in [6.07, 6.45) is 1.12. The first kappa shape index (κ1) is 16.8. The SMILES string of the molecule is CCNC(C)CC(C)c1ccc(OCC)c(OCC)c1. The van der Waals surface area contributed by atoms with E-state index in [0.29, 0.717) is 25.2 Å². The number of hydrogen-bond donors (Lipinski definition) is 1. The lowest BCUT2D eigenvalue weighted by molar-refractivity contribution is 0.287. The molecule has 0 aliphatic heterocycles. The third kappa shape index (κ3) is 5.04. The van der Waals surface area contributed by atoms with Crippen LogP contribution in [0.2, 0.25) is 0 Å². The fourth-order valence-electron chi connectivity index (χ4n) is 2.47. The Balaban J connectivity index is 2.81. The zero-order valence-electron chi connectivity index (χ0n) is 13.5. The standard InChI is InChI=1S/C17H29NO2/c1-6-18-14(5)11-13(4)15-9-10-16(19-7-2)17(12-15)20-8-3/h9-10,12-14,18H,6-8,11H2,1-5H3. The van der Waals surface area contributed by atoms with Gasteiger partial charge in [-0.2, -0.15) is 0 Å². The third-order valence-electron chi connectivity index (χ3n) is 3.40. The molecular weight excluding hydrogens is 250 g/mol. The molecule has 3 heteroatoms. The Kier molecular flexibility index (Phi) is 7.45. The predicted octanol–water partition coefficient (Wildman–Crippen LogP) is 3.98. The normalized spacial score (nSPS) is 13.8. The molecule has 0 saturated carbocycles. The first-order chi connectivity index (χ1) is 9.62. The van der Waals surface area contributed by atoms with Gasteiger partial charge in [0.25, 0.3) is 0 Å². The van der Waals surface area contributed by atoms with Gasteiger partial charge in [0, 0.05) is 6.04 Å². The Bertz CT molecular complexity index is 393. The molecule has 0 spiro atoms. The van der Waals surface area contributed by atoms with Crippen LogP contribution in [0.4, 0.5) is 0 Å². The van der Waals surface area contributed by atoms with Crippen molar-refractivity contribution in [3.8, 4) is 11.5 Å². The minimum Gasteiger partial charge on any atom is -0.490 e. The van der Waals surface area contributed by atoms with Gasteiger partial charge in [-0.15, -0.1) is 0 Å².